The maximum Gasteiger partial charge on any atom is 0.421 e. The number of rotatable bonds is 0. The van der Waals surface area contributed by atoms with Crippen molar-refractivity contribution in [2.75, 3.05) is 0 Å². The molecule has 0 saturated heterocycles. The van der Waals surface area contributed by atoms with Crippen LogP contribution in [0.5, 0.6) is 0 Å². The van der Waals surface area contributed by atoms with Crippen LogP contribution in [0.3, 0.4) is 0 Å². The molecule has 2 rings (SSSR count). The van der Waals surface area contributed by atoms with Gasteiger partial charge in [0.05, 0.1) is 5.52 Å². The molecule has 1 N–H and O–H groups in total. The maximum absolute atomic E-state index is 11.4. The number of hydrogen-bond donors (Lipinski definition) is 1. The summed E-state index contributed by atoms with van der Waals surface area (Å²) in [6, 6.07) is 3.29. The van der Waals surface area contributed by atoms with Gasteiger partial charge >= 0.3 is 11.8 Å². The molecule has 2 aromatic rings. The Kier molecular flexibility index (Phi) is 1.63. The molecular formula is C8H7N3O3. The third kappa shape index (κ3) is 0.936. The summed E-state index contributed by atoms with van der Waals surface area (Å²) in [5, 5.41) is 8.79. The summed E-state index contributed by atoms with van der Waals surface area (Å²) >= 11 is 0. The average Bonchev–Trinajstić information content (AvgIpc) is 2.41. The summed E-state index contributed by atoms with van der Waals surface area (Å²) < 4.78 is 1.87. The van der Waals surface area contributed by atoms with Crippen molar-refractivity contribution in [1.82, 2.24) is 14.1 Å². The van der Waals surface area contributed by atoms with Gasteiger partial charge < -0.3 is 5.11 Å². The van der Waals surface area contributed by atoms with Crippen LogP contribution in [-0.4, -0.2) is 25.3 Å². The molecule has 0 bridgehead atoms. The molecule has 0 unspecified atom stereocenters. The Morgan fingerprint density at radius 2 is 2.29 bits per heavy atom. The van der Waals surface area contributed by atoms with E-state index in [1.165, 1.54) is 17.8 Å². The third-order valence-electron chi connectivity index (χ3n) is 2.01. The van der Waals surface area contributed by atoms with E-state index in [9.17, 15) is 9.59 Å². The Morgan fingerprint density at radius 1 is 1.57 bits per heavy atom. The zero-order chi connectivity index (χ0) is 10.3. The topological polar surface area (TPSA) is 77.1 Å². The molecule has 0 aromatic carbocycles. The summed E-state index contributed by atoms with van der Waals surface area (Å²) in [4.78, 5) is 26.0. The molecule has 0 fully saturated rings. The second-order valence-corrected chi connectivity index (χ2v) is 2.81. The summed E-state index contributed by atoms with van der Waals surface area (Å²) in [5.74, 6) is 0. The zero-order valence-electron chi connectivity index (χ0n) is 7.34. The fraction of sp³-hybridized carbons (Fsp3) is 0.125. The predicted molar refractivity (Wildman–Crippen MR) is 48.4 cm³/mol. The summed E-state index contributed by atoms with van der Waals surface area (Å²) in [6.07, 6.45) is 0.126. The number of carbonyl (C=O) groups is 1. The van der Waals surface area contributed by atoms with Crippen LogP contribution in [0, 0.1) is 0 Å². The van der Waals surface area contributed by atoms with Crippen LogP contribution in [-0.2, 0) is 7.05 Å². The molecule has 0 aliphatic carbocycles. The van der Waals surface area contributed by atoms with Gasteiger partial charge in [-0.25, -0.2) is 14.6 Å². The Bertz CT molecular complexity index is 567. The Labute approximate surface area is 78.0 Å². The summed E-state index contributed by atoms with van der Waals surface area (Å²) in [5.41, 5.74) is 0.0543. The first kappa shape index (κ1) is 8.49. The second kappa shape index (κ2) is 2.69. The van der Waals surface area contributed by atoms with E-state index in [0.717, 1.165) is 0 Å². The Hall–Kier alpha value is -2.11. The first-order valence-electron chi connectivity index (χ1n) is 3.88. The highest BCUT2D eigenvalue weighted by Crippen LogP contribution is 2.07. The van der Waals surface area contributed by atoms with Gasteiger partial charge in [-0.2, -0.15) is 4.57 Å². The average molecular weight is 193 g/mol. The van der Waals surface area contributed by atoms with Gasteiger partial charge in [0, 0.05) is 13.2 Å². The van der Waals surface area contributed by atoms with Crippen molar-refractivity contribution in [2.24, 2.45) is 7.05 Å². The number of aryl methyl sites for hydroxylation is 1. The largest absolute Gasteiger partial charge is 0.464 e. The van der Waals surface area contributed by atoms with Crippen molar-refractivity contribution in [1.29, 1.82) is 0 Å². The van der Waals surface area contributed by atoms with Crippen molar-refractivity contribution < 1.29 is 9.90 Å². The molecule has 6 nitrogen and oxygen atoms in total. The van der Waals surface area contributed by atoms with Gasteiger partial charge in [-0.1, -0.05) is 0 Å². The molecule has 0 radical (unpaired) electrons. The normalized spacial score (nSPS) is 10.6. The van der Waals surface area contributed by atoms with Gasteiger partial charge in [0.15, 0.2) is 5.65 Å². The third-order valence-corrected chi connectivity index (χ3v) is 2.01. The lowest BCUT2D eigenvalue weighted by molar-refractivity contribution is 0.196. The van der Waals surface area contributed by atoms with E-state index >= 15 is 0 Å². The minimum absolute atomic E-state index is 0.160. The standard InChI is InChI=1S/C8H7N3O3/c1-10-5-3-2-4-9-6(5)11(7(10)12)8(13)14/h2-4H,1H3,(H,13,14). The number of pyridine rings is 1. The van der Waals surface area contributed by atoms with Gasteiger partial charge in [0.1, 0.15) is 0 Å². The lowest BCUT2D eigenvalue weighted by atomic mass is 10.4. The number of hydrogen-bond acceptors (Lipinski definition) is 3. The van der Waals surface area contributed by atoms with Crippen LogP contribution in [0.4, 0.5) is 4.79 Å². The minimum atomic E-state index is -1.32. The van der Waals surface area contributed by atoms with E-state index in [1.54, 1.807) is 12.1 Å². The van der Waals surface area contributed by atoms with Gasteiger partial charge in [0.2, 0.25) is 0 Å². The molecule has 0 amide bonds. The van der Waals surface area contributed by atoms with Crippen LogP contribution in [0.2, 0.25) is 0 Å². The quantitative estimate of drug-likeness (QED) is 0.651. The van der Waals surface area contributed by atoms with E-state index in [0.29, 0.717) is 10.1 Å². The first-order valence-corrected chi connectivity index (χ1v) is 3.88. The summed E-state index contributed by atoms with van der Waals surface area (Å²) in [7, 11) is 1.51. The number of fused-ring (bicyclic) bond motifs is 1. The maximum atomic E-state index is 11.4. The highest BCUT2D eigenvalue weighted by Gasteiger charge is 2.15. The Morgan fingerprint density at radius 3 is 2.93 bits per heavy atom. The zero-order valence-corrected chi connectivity index (χ0v) is 7.34. The molecule has 14 heavy (non-hydrogen) atoms. The molecule has 0 saturated carbocycles. The number of carboxylic acid groups (broad SMARTS) is 1. The predicted octanol–water partition coefficient (Wildman–Crippen LogP) is 0.261. The lowest BCUT2D eigenvalue weighted by Crippen LogP contribution is -2.26. The van der Waals surface area contributed by atoms with Gasteiger partial charge in [-0.05, 0) is 12.1 Å². The van der Waals surface area contributed by atoms with Gasteiger partial charge in [0.25, 0.3) is 0 Å². The van der Waals surface area contributed by atoms with Crippen LogP contribution in [0.25, 0.3) is 11.2 Å². The SMILES string of the molecule is Cn1c(=O)n(C(=O)O)c2ncccc21. The smallest absolute Gasteiger partial charge is 0.421 e. The molecule has 0 spiro atoms. The Balaban J connectivity index is 3.03. The number of nitrogens with zero attached hydrogens (tertiary/aromatic N) is 3. The van der Waals surface area contributed by atoms with E-state index < -0.39 is 11.8 Å². The van der Waals surface area contributed by atoms with Crippen molar-refractivity contribution in [3.8, 4) is 0 Å². The molecule has 2 heterocycles. The van der Waals surface area contributed by atoms with Crippen molar-refractivity contribution in [3.05, 3.63) is 28.8 Å². The van der Waals surface area contributed by atoms with Crippen molar-refractivity contribution in [3.63, 3.8) is 0 Å². The molecular weight excluding hydrogens is 186 g/mol. The first-order chi connectivity index (χ1) is 6.63. The van der Waals surface area contributed by atoms with E-state index in [4.69, 9.17) is 5.11 Å². The molecule has 6 heteroatoms. The van der Waals surface area contributed by atoms with Crippen LogP contribution in [0.15, 0.2) is 23.1 Å². The second-order valence-electron chi connectivity index (χ2n) is 2.81. The van der Waals surface area contributed by atoms with E-state index in [-0.39, 0.29) is 5.65 Å². The van der Waals surface area contributed by atoms with E-state index in [2.05, 4.69) is 4.98 Å². The highest BCUT2D eigenvalue weighted by atomic mass is 16.4. The van der Waals surface area contributed by atoms with Crippen molar-refractivity contribution >= 4 is 17.3 Å². The lowest BCUT2D eigenvalue weighted by Gasteiger charge is -1.91. The van der Waals surface area contributed by atoms with Crippen molar-refractivity contribution in [2.45, 2.75) is 0 Å². The van der Waals surface area contributed by atoms with Gasteiger partial charge in [-0.3, -0.25) is 4.57 Å². The fourth-order valence-corrected chi connectivity index (χ4v) is 1.34. The fourth-order valence-electron chi connectivity index (χ4n) is 1.34. The molecule has 0 aliphatic rings. The monoisotopic (exact) mass is 193 g/mol. The highest BCUT2D eigenvalue weighted by molar-refractivity contribution is 5.82. The minimum Gasteiger partial charge on any atom is -0.464 e. The van der Waals surface area contributed by atoms with Crippen LogP contribution < -0.4 is 5.69 Å². The van der Waals surface area contributed by atoms with E-state index in [1.807, 2.05) is 0 Å². The van der Waals surface area contributed by atoms with Crippen LogP contribution >= 0.6 is 0 Å². The summed E-state index contributed by atoms with van der Waals surface area (Å²) in [6.45, 7) is 0. The number of imidazole rings is 1. The molecule has 0 aliphatic heterocycles. The molecule has 0 atom stereocenters. The molecule has 72 valence electrons. The van der Waals surface area contributed by atoms with Crippen LogP contribution in [0.1, 0.15) is 0 Å². The molecule has 2 aromatic heterocycles. The van der Waals surface area contributed by atoms with Gasteiger partial charge in [-0.15, -0.1) is 0 Å². The number of aromatic nitrogens is 3.